The van der Waals surface area contributed by atoms with Crippen molar-refractivity contribution in [1.29, 1.82) is 0 Å². The van der Waals surface area contributed by atoms with Crippen LogP contribution >= 0.6 is 0 Å². The molecule has 1 unspecified atom stereocenters. The van der Waals surface area contributed by atoms with Crippen molar-refractivity contribution in [2.24, 2.45) is 0 Å². The summed E-state index contributed by atoms with van der Waals surface area (Å²) in [5, 5.41) is 12.8. The fourth-order valence-corrected chi connectivity index (χ4v) is 1.70. The maximum atomic E-state index is 9.60. The summed E-state index contributed by atoms with van der Waals surface area (Å²) >= 11 is 0. The largest absolute Gasteiger partial charge is 0.493 e. The van der Waals surface area contributed by atoms with E-state index < -0.39 is 5.60 Å². The average molecular weight is 265 g/mol. The number of benzene rings is 1. The van der Waals surface area contributed by atoms with Crippen LogP contribution in [0.2, 0.25) is 0 Å². The quantitative estimate of drug-likeness (QED) is 0.759. The van der Waals surface area contributed by atoms with Gasteiger partial charge in [-0.15, -0.1) is 0 Å². The Hall–Kier alpha value is -1.06. The zero-order chi connectivity index (χ0) is 14.3. The Morgan fingerprint density at radius 1 is 1.26 bits per heavy atom. The predicted octanol–water partition coefficient (Wildman–Crippen LogP) is 2.77. The van der Waals surface area contributed by atoms with Gasteiger partial charge in [-0.05, 0) is 58.4 Å². The smallest absolute Gasteiger partial charge is 0.119 e. The molecule has 0 aliphatic heterocycles. The molecule has 1 rings (SSSR count). The highest BCUT2D eigenvalue weighted by molar-refractivity contribution is 5.27. The van der Waals surface area contributed by atoms with Gasteiger partial charge in [0.05, 0.1) is 12.2 Å². The molecule has 0 bridgehead atoms. The summed E-state index contributed by atoms with van der Waals surface area (Å²) in [5.74, 6) is 0.870. The molecule has 0 aliphatic rings. The summed E-state index contributed by atoms with van der Waals surface area (Å²) in [6.07, 6.45) is 2.84. The first-order chi connectivity index (χ1) is 8.90. The second kappa shape index (κ2) is 7.51. The first-order valence-electron chi connectivity index (χ1n) is 7.02. The monoisotopic (exact) mass is 265 g/mol. The maximum absolute atomic E-state index is 9.60. The second-order valence-corrected chi connectivity index (χ2v) is 5.78. The molecule has 0 amide bonds. The number of aliphatic hydroxyl groups is 1. The van der Waals surface area contributed by atoms with Crippen LogP contribution in [-0.2, 0) is 6.42 Å². The van der Waals surface area contributed by atoms with Gasteiger partial charge >= 0.3 is 0 Å². The van der Waals surface area contributed by atoms with Crippen LogP contribution in [0.4, 0.5) is 0 Å². The van der Waals surface area contributed by atoms with Crippen LogP contribution in [0.25, 0.3) is 0 Å². The van der Waals surface area contributed by atoms with Crippen LogP contribution in [0.1, 0.15) is 39.2 Å². The van der Waals surface area contributed by atoms with E-state index in [1.54, 1.807) is 13.8 Å². The average Bonchev–Trinajstić information content (AvgIpc) is 2.36. The van der Waals surface area contributed by atoms with Crippen molar-refractivity contribution in [2.75, 3.05) is 13.7 Å². The van der Waals surface area contributed by atoms with Crippen molar-refractivity contribution in [3.8, 4) is 5.75 Å². The van der Waals surface area contributed by atoms with E-state index in [1.165, 1.54) is 5.56 Å². The van der Waals surface area contributed by atoms with E-state index in [0.29, 0.717) is 19.1 Å². The number of ether oxygens (including phenoxy) is 1. The highest BCUT2D eigenvalue weighted by Crippen LogP contribution is 2.15. The van der Waals surface area contributed by atoms with E-state index in [2.05, 4.69) is 24.4 Å². The Balaban J connectivity index is 2.35. The summed E-state index contributed by atoms with van der Waals surface area (Å²) in [7, 11) is 1.99. The molecule has 3 nitrogen and oxygen atoms in total. The van der Waals surface area contributed by atoms with Crippen molar-refractivity contribution in [2.45, 2.75) is 51.7 Å². The van der Waals surface area contributed by atoms with Crippen LogP contribution < -0.4 is 10.1 Å². The minimum atomic E-state index is -0.663. The van der Waals surface area contributed by atoms with Gasteiger partial charge in [-0.2, -0.15) is 0 Å². The minimum absolute atomic E-state index is 0.541. The normalized spacial score (nSPS) is 13.3. The summed E-state index contributed by atoms with van der Waals surface area (Å²) in [6, 6.07) is 8.78. The molecule has 1 atom stereocenters. The van der Waals surface area contributed by atoms with Crippen LogP contribution in [0.15, 0.2) is 24.3 Å². The molecule has 1 aromatic rings. The van der Waals surface area contributed by atoms with Crippen LogP contribution in [0.5, 0.6) is 5.75 Å². The lowest BCUT2D eigenvalue weighted by Gasteiger charge is -2.17. The SMILES string of the molecule is CNC(C)CCc1ccc(OCCC(C)(C)O)cc1. The topological polar surface area (TPSA) is 41.5 Å². The van der Waals surface area contributed by atoms with Gasteiger partial charge in [0.25, 0.3) is 0 Å². The van der Waals surface area contributed by atoms with Gasteiger partial charge in [-0.3, -0.25) is 0 Å². The zero-order valence-electron chi connectivity index (χ0n) is 12.6. The lowest BCUT2D eigenvalue weighted by atomic mass is 10.1. The first-order valence-corrected chi connectivity index (χ1v) is 7.02. The molecule has 0 spiro atoms. The number of hydrogen-bond acceptors (Lipinski definition) is 3. The highest BCUT2D eigenvalue weighted by Gasteiger charge is 2.11. The second-order valence-electron chi connectivity index (χ2n) is 5.78. The van der Waals surface area contributed by atoms with Crippen molar-refractivity contribution < 1.29 is 9.84 Å². The third-order valence-electron chi connectivity index (χ3n) is 3.26. The molecule has 0 saturated heterocycles. The Labute approximate surface area is 117 Å². The minimum Gasteiger partial charge on any atom is -0.493 e. The van der Waals surface area contributed by atoms with Gasteiger partial charge in [0.15, 0.2) is 0 Å². The van der Waals surface area contributed by atoms with Gasteiger partial charge in [0.2, 0.25) is 0 Å². The van der Waals surface area contributed by atoms with Gasteiger partial charge < -0.3 is 15.2 Å². The van der Waals surface area contributed by atoms with Gasteiger partial charge in [0, 0.05) is 12.5 Å². The Morgan fingerprint density at radius 2 is 1.89 bits per heavy atom. The molecule has 108 valence electrons. The fraction of sp³-hybridized carbons (Fsp3) is 0.625. The molecule has 0 saturated carbocycles. The van der Waals surface area contributed by atoms with Crippen molar-refractivity contribution in [1.82, 2.24) is 5.32 Å². The van der Waals surface area contributed by atoms with E-state index in [1.807, 2.05) is 19.2 Å². The third kappa shape index (κ3) is 7.19. The molecule has 0 radical (unpaired) electrons. The first kappa shape index (κ1) is 16.0. The molecule has 0 aromatic heterocycles. The molecule has 19 heavy (non-hydrogen) atoms. The fourth-order valence-electron chi connectivity index (χ4n) is 1.70. The van der Waals surface area contributed by atoms with Crippen molar-refractivity contribution >= 4 is 0 Å². The zero-order valence-corrected chi connectivity index (χ0v) is 12.6. The van der Waals surface area contributed by atoms with Crippen molar-refractivity contribution in [3.63, 3.8) is 0 Å². The van der Waals surface area contributed by atoms with Gasteiger partial charge in [0.1, 0.15) is 5.75 Å². The van der Waals surface area contributed by atoms with Crippen molar-refractivity contribution in [3.05, 3.63) is 29.8 Å². The summed E-state index contributed by atoms with van der Waals surface area (Å²) in [6.45, 7) is 6.32. The lowest BCUT2D eigenvalue weighted by molar-refractivity contribution is 0.0553. The van der Waals surface area contributed by atoms with Gasteiger partial charge in [-0.25, -0.2) is 0 Å². The van der Waals surface area contributed by atoms with E-state index in [0.717, 1.165) is 18.6 Å². The van der Waals surface area contributed by atoms with Crippen LogP contribution in [0, 0.1) is 0 Å². The Kier molecular flexibility index (Phi) is 6.32. The molecule has 0 aliphatic carbocycles. The molecular formula is C16H27NO2. The maximum Gasteiger partial charge on any atom is 0.119 e. The number of rotatable bonds is 8. The molecule has 2 N–H and O–H groups in total. The van der Waals surface area contributed by atoms with Crippen LogP contribution in [0.3, 0.4) is 0 Å². The van der Waals surface area contributed by atoms with E-state index in [-0.39, 0.29) is 0 Å². The molecular weight excluding hydrogens is 238 g/mol. The Bertz CT molecular complexity index is 354. The summed E-state index contributed by atoms with van der Waals surface area (Å²) in [5.41, 5.74) is 0.667. The number of nitrogens with one attached hydrogen (secondary N) is 1. The Morgan fingerprint density at radius 3 is 2.42 bits per heavy atom. The van der Waals surface area contributed by atoms with Crippen LogP contribution in [-0.4, -0.2) is 30.4 Å². The predicted molar refractivity (Wildman–Crippen MR) is 79.7 cm³/mol. The standard InChI is InChI=1S/C16H27NO2/c1-13(17-4)5-6-14-7-9-15(10-8-14)19-12-11-16(2,3)18/h7-10,13,17-18H,5-6,11-12H2,1-4H3. The van der Waals surface area contributed by atoms with E-state index in [4.69, 9.17) is 4.74 Å². The lowest BCUT2D eigenvalue weighted by Crippen LogP contribution is -2.21. The third-order valence-corrected chi connectivity index (χ3v) is 3.26. The summed E-state index contributed by atoms with van der Waals surface area (Å²) < 4.78 is 5.61. The number of hydrogen-bond donors (Lipinski definition) is 2. The van der Waals surface area contributed by atoms with Gasteiger partial charge in [-0.1, -0.05) is 12.1 Å². The van der Waals surface area contributed by atoms with E-state index in [9.17, 15) is 5.11 Å². The number of aryl methyl sites for hydroxylation is 1. The molecule has 0 heterocycles. The molecule has 3 heteroatoms. The highest BCUT2D eigenvalue weighted by atomic mass is 16.5. The summed E-state index contributed by atoms with van der Waals surface area (Å²) in [4.78, 5) is 0. The van der Waals surface area contributed by atoms with E-state index >= 15 is 0 Å². The molecule has 1 aromatic carbocycles. The molecule has 0 fully saturated rings.